The molecule has 6 heteroatoms. The van der Waals surface area contributed by atoms with Crippen molar-refractivity contribution in [3.05, 3.63) is 28.6 Å². The van der Waals surface area contributed by atoms with Crippen molar-refractivity contribution in [2.75, 3.05) is 6.61 Å². The Morgan fingerprint density at radius 2 is 2.22 bits per heavy atom. The van der Waals surface area contributed by atoms with Gasteiger partial charge in [-0.2, -0.15) is 0 Å². The normalized spacial score (nSPS) is 10.8. The van der Waals surface area contributed by atoms with Gasteiger partial charge in [-0.1, -0.05) is 0 Å². The van der Waals surface area contributed by atoms with Crippen LogP contribution in [0.25, 0.3) is 0 Å². The molecule has 18 heavy (non-hydrogen) atoms. The van der Waals surface area contributed by atoms with Gasteiger partial charge < -0.3 is 10.5 Å². The molecule has 0 bridgehead atoms. The molecule has 0 amide bonds. The van der Waals surface area contributed by atoms with E-state index in [1.165, 1.54) is 0 Å². The fraction of sp³-hybridized carbons (Fsp3) is 0.500. The van der Waals surface area contributed by atoms with Crippen LogP contribution in [0.4, 0.5) is 8.78 Å². The highest BCUT2D eigenvalue weighted by Crippen LogP contribution is 2.24. The fourth-order valence-electron chi connectivity index (χ4n) is 1.69. The average molecular weight is 258 g/mol. The molecule has 0 aliphatic carbocycles. The van der Waals surface area contributed by atoms with Crippen molar-refractivity contribution >= 4 is 5.97 Å². The molecule has 0 radical (unpaired) electrons. The van der Waals surface area contributed by atoms with Crippen LogP contribution >= 0.6 is 0 Å². The third-order valence-corrected chi connectivity index (χ3v) is 2.47. The second-order valence-electron chi connectivity index (χ2n) is 3.78. The van der Waals surface area contributed by atoms with E-state index in [-0.39, 0.29) is 31.0 Å². The zero-order valence-corrected chi connectivity index (χ0v) is 10.4. The van der Waals surface area contributed by atoms with Gasteiger partial charge in [-0.15, -0.1) is 0 Å². The Bertz CT molecular complexity index is 436. The summed E-state index contributed by atoms with van der Waals surface area (Å²) < 4.78 is 30.4. The Kier molecular flexibility index (Phi) is 5.15. The summed E-state index contributed by atoms with van der Waals surface area (Å²) in [5.41, 5.74) is 6.29. The molecule has 0 atom stereocenters. The maximum atomic E-state index is 12.8. The number of esters is 1. The maximum Gasteiger partial charge on any atom is 0.311 e. The van der Waals surface area contributed by atoms with Gasteiger partial charge in [0, 0.05) is 6.54 Å². The van der Waals surface area contributed by atoms with E-state index in [2.05, 4.69) is 4.98 Å². The number of alkyl halides is 2. The van der Waals surface area contributed by atoms with Crippen molar-refractivity contribution < 1.29 is 18.3 Å². The van der Waals surface area contributed by atoms with E-state index in [1.807, 2.05) is 0 Å². The number of aromatic nitrogens is 1. The number of hydrogen-bond acceptors (Lipinski definition) is 4. The van der Waals surface area contributed by atoms with E-state index in [1.54, 1.807) is 19.9 Å². The molecule has 4 nitrogen and oxygen atoms in total. The monoisotopic (exact) mass is 258 g/mol. The summed E-state index contributed by atoms with van der Waals surface area (Å²) in [5, 5.41) is 0. The number of ether oxygens (including phenoxy) is 1. The van der Waals surface area contributed by atoms with Gasteiger partial charge in [0.2, 0.25) is 0 Å². The molecule has 0 saturated carbocycles. The topological polar surface area (TPSA) is 65.2 Å². The standard InChI is InChI=1S/C12H16F2N2O2/c1-3-18-10(17)5-8-4-7(2)9(6-15)11(16-8)12(13)14/h4,12H,3,5-6,15H2,1-2H3. The van der Waals surface area contributed by atoms with Crippen molar-refractivity contribution in [1.29, 1.82) is 0 Å². The van der Waals surface area contributed by atoms with Gasteiger partial charge in [-0.3, -0.25) is 9.78 Å². The predicted octanol–water partition coefficient (Wildman–Crippen LogP) is 1.89. The molecule has 0 fully saturated rings. The van der Waals surface area contributed by atoms with Crippen LogP contribution in [-0.4, -0.2) is 17.6 Å². The smallest absolute Gasteiger partial charge is 0.311 e. The van der Waals surface area contributed by atoms with Gasteiger partial charge >= 0.3 is 5.97 Å². The van der Waals surface area contributed by atoms with E-state index in [0.29, 0.717) is 11.1 Å². The van der Waals surface area contributed by atoms with Gasteiger partial charge in [0.25, 0.3) is 6.43 Å². The van der Waals surface area contributed by atoms with Crippen LogP contribution in [0.2, 0.25) is 0 Å². The van der Waals surface area contributed by atoms with E-state index < -0.39 is 12.4 Å². The van der Waals surface area contributed by atoms with Gasteiger partial charge in [-0.25, -0.2) is 8.78 Å². The van der Waals surface area contributed by atoms with E-state index in [0.717, 1.165) is 0 Å². The molecule has 1 heterocycles. The molecule has 0 aliphatic rings. The highest BCUT2D eigenvalue weighted by atomic mass is 19.3. The first-order chi connectivity index (χ1) is 8.49. The summed E-state index contributed by atoms with van der Waals surface area (Å²) >= 11 is 0. The second kappa shape index (κ2) is 6.39. The first kappa shape index (κ1) is 14.5. The Balaban J connectivity index is 3.05. The molecule has 2 N–H and O–H groups in total. The molecule has 1 aromatic heterocycles. The Morgan fingerprint density at radius 3 is 2.72 bits per heavy atom. The second-order valence-corrected chi connectivity index (χ2v) is 3.78. The highest BCUT2D eigenvalue weighted by Gasteiger charge is 2.18. The highest BCUT2D eigenvalue weighted by molar-refractivity contribution is 5.72. The van der Waals surface area contributed by atoms with Crippen molar-refractivity contribution in [1.82, 2.24) is 4.98 Å². The molecule has 0 spiro atoms. The van der Waals surface area contributed by atoms with Crippen molar-refractivity contribution in [2.24, 2.45) is 5.73 Å². The lowest BCUT2D eigenvalue weighted by Gasteiger charge is -2.12. The van der Waals surface area contributed by atoms with Gasteiger partial charge in [0.1, 0.15) is 5.69 Å². The average Bonchev–Trinajstić information content (AvgIpc) is 2.28. The van der Waals surface area contributed by atoms with Gasteiger partial charge in [0.15, 0.2) is 0 Å². The number of rotatable bonds is 5. The SMILES string of the molecule is CCOC(=O)Cc1cc(C)c(CN)c(C(F)F)n1. The van der Waals surface area contributed by atoms with Crippen LogP contribution in [0.5, 0.6) is 0 Å². The van der Waals surface area contributed by atoms with Crippen molar-refractivity contribution in [2.45, 2.75) is 33.2 Å². The molecule has 0 unspecified atom stereocenters. The molecule has 100 valence electrons. The zero-order chi connectivity index (χ0) is 13.7. The summed E-state index contributed by atoms with van der Waals surface area (Å²) in [7, 11) is 0. The minimum Gasteiger partial charge on any atom is -0.466 e. The van der Waals surface area contributed by atoms with Gasteiger partial charge in [-0.05, 0) is 31.0 Å². The fourth-order valence-corrected chi connectivity index (χ4v) is 1.69. The first-order valence-corrected chi connectivity index (χ1v) is 5.62. The third-order valence-electron chi connectivity index (χ3n) is 2.47. The summed E-state index contributed by atoms with van der Waals surface area (Å²) in [6, 6.07) is 1.59. The Labute approximate surface area is 104 Å². The molecular weight excluding hydrogens is 242 g/mol. The first-order valence-electron chi connectivity index (χ1n) is 5.62. The number of nitrogens with zero attached hydrogens (tertiary/aromatic N) is 1. The Hall–Kier alpha value is -1.56. The molecule has 0 aliphatic heterocycles. The zero-order valence-electron chi connectivity index (χ0n) is 10.4. The number of halogens is 2. The molecule has 0 saturated heterocycles. The molecular formula is C12H16F2N2O2. The lowest BCUT2D eigenvalue weighted by Crippen LogP contribution is -2.13. The van der Waals surface area contributed by atoms with E-state index >= 15 is 0 Å². The minimum atomic E-state index is -2.70. The van der Waals surface area contributed by atoms with Crippen LogP contribution in [0, 0.1) is 6.92 Å². The maximum absolute atomic E-state index is 12.8. The van der Waals surface area contributed by atoms with Crippen LogP contribution in [0.3, 0.4) is 0 Å². The quantitative estimate of drug-likeness (QED) is 0.819. The van der Waals surface area contributed by atoms with Gasteiger partial charge in [0.05, 0.1) is 18.7 Å². The number of nitrogens with two attached hydrogens (primary N) is 1. The summed E-state index contributed by atoms with van der Waals surface area (Å²) in [4.78, 5) is 15.1. The number of hydrogen-bond donors (Lipinski definition) is 1. The van der Waals surface area contributed by atoms with Crippen LogP contribution in [-0.2, 0) is 22.5 Å². The summed E-state index contributed by atoms with van der Waals surface area (Å²) in [5.74, 6) is -0.481. The lowest BCUT2D eigenvalue weighted by molar-refractivity contribution is -0.142. The predicted molar refractivity (Wildman–Crippen MR) is 62.2 cm³/mol. The van der Waals surface area contributed by atoms with Crippen LogP contribution in [0.1, 0.15) is 35.9 Å². The molecule has 0 aromatic carbocycles. The number of carbonyl (C=O) groups is 1. The third kappa shape index (κ3) is 3.46. The summed E-state index contributed by atoms with van der Waals surface area (Å²) in [6.45, 7) is 3.60. The van der Waals surface area contributed by atoms with Crippen LogP contribution in [0.15, 0.2) is 6.07 Å². The molecule has 1 rings (SSSR count). The van der Waals surface area contributed by atoms with Crippen LogP contribution < -0.4 is 5.73 Å². The number of pyridine rings is 1. The lowest BCUT2D eigenvalue weighted by atomic mass is 10.1. The minimum absolute atomic E-state index is 0.00179. The van der Waals surface area contributed by atoms with E-state index in [4.69, 9.17) is 10.5 Å². The van der Waals surface area contributed by atoms with Crippen molar-refractivity contribution in [3.8, 4) is 0 Å². The summed E-state index contributed by atoms with van der Waals surface area (Å²) in [6.07, 6.45) is -2.82. The Morgan fingerprint density at radius 1 is 1.56 bits per heavy atom. The number of aryl methyl sites for hydroxylation is 1. The number of carbonyl (C=O) groups excluding carboxylic acids is 1. The van der Waals surface area contributed by atoms with Crippen molar-refractivity contribution in [3.63, 3.8) is 0 Å². The van der Waals surface area contributed by atoms with E-state index in [9.17, 15) is 13.6 Å². The molecule has 1 aromatic rings. The largest absolute Gasteiger partial charge is 0.466 e.